The summed E-state index contributed by atoms with van der Waals surface area (Å²) in [6.45, 7) is 0.687. The first-order chi connectivity index (χ1) is 7.16. The fourth-order valence-electron chi connectivity index (χ4n) is 1.86. The van der Waals surface area contributed by atoms with Gasteiger partial charge in [0.05, 0.1) is 18.5 Å². The second kappa shape index (κ2) is 3.98. The fourth-order valence-corrected chi connectivity index (χ4v) is 1.86. The molecular formula is C9H13N3O3. The van der Waals surface area contributed by atoms with Crippen molar-refractivity contribution < 1.29 is 14.4 Å². The molecule has 2 saturated heterocycles. The van der Waals surface area contributed by atoms with Crippen LogP contribution in [0.25, 0.3) is 0 Å². The molecule has 0 bridgehead atoms. The van der Waals surface area contributed by atoms with Crippen molar-refractivity contribution >= 4 is 17.7 Å². The molecule has 2 fully saturated rings. The number of imide groups is 1. The summed E-state index contributed by atoms with van der Waals surface area (Å²) in [6, 6.07) is -0.897. The Balaban J connectivity index is 1.93. The largest absolute Gasteiger partial charge is 0.355 e. The molecule has 0 aliphatic carbocycles. The van der Waals surface area contributed by atoms with Gasteiger partial charge in [-0.3, -0.25) is 25.0 Å². The van der Waals surface area contributed by atoms with E-state index in [1.807, 2.05) is 0 Å². The minimum absolute atomic E-state index is 0.0894. The summed E-state index contributed by atoms with van der Waals surface area (Å²) in [5.41, 5.74) is 0. The van der Waals surface area contributed by atoms with Gasteiger partial charge in [0.15, 0.2) is 0 Å². The Morgan fingerprint density at radius 2 is 1.93 bits per heavy atom. The standard InChI is InChI=1S/C9H13N3O3/c13-7-4-6(9(15)12-7)11-5-2-1-3-10-8(5)14/h5-6,11H,1-4H2,(H,10,14)(H,12,13,15)/t5-,6-/m0/s1. The van der Waals surface area contributed by atoms with Crippen molar-refractivity contribution in [1.29, 1.82) is 0 Å². The number of nitrogens with one attached hydrogen (secondary N) is 3. The van der Waals surface area contributed by atoms with Crippen LogP contribution in [0, 0.1) is 0 Å². The maximum absolute atomic E-state index is 11.4. The second-order valence-electron chi connectivity index (χ2n) is 3.82. The molecule has 3 amide bonds. The van der Waals surface area contributed by atoms with Crippen LogP contribution in [0.3, 0.4) is 0 Å². The van der Waals surface area contributed by atoms with Crippen LogP contribution in [0.5, 0.6) is 0 Å². The van der Waals surface area contributed by atoms with Gasteiger partial charge in [-0.2, -0.15) is 0 Å². The van der Waals surface area contributed by atoms with Crippen LogP contribution in [0.2, 0.25) is 0 Å². The summed E-state index contributed by atoms with van der Waals surface area (Å²) < 4.78 is 0. The number of hydrogen-bond donors (Lipinski definition) is 3. The van der Waals surface area contributed by atoms with Crippen LogP contribution in [-0.2, 0) is 14.4 Å². The molecule has 82 valence electrons. The zero-order valence-corrected chi connectivity index (χ0v) is 8.21. The first-order valence-electron chi connectivity index (χ1n) is 5.04. The zero-order valence-electron chi connectivity index (χ0n) is 8.21. The molecule has 2 atom stereocenters. The van der Waals surface area contributed by atoms with E-state index in [0.29, 0.717) is 13.0 Å². The van der Waals surface area contributed by atoms with Crippen molar-refractivity contribution in [3.8, 4) is 0 Å². The number of piperidine rings is 1. The van der Waals surface area contributed by atoms with Gasteiger partial charge in [0.25, 0.3) is 0 Å². The average molecular weight is 211 g/mol. The van der Waals surface area contributed by atoms with Crippen LogP contribution < -0.4 is 16.0 Å². The number of hydrogen-bond acceptors (Lipinski definition) is 4. The molecule has 0 spiro atoms. The summed E-state index contributed by atoms with van der Waals surface area (Å²) in [6.07, 6.45) is 1.73. The quantitative estimate of drug-likeness (QED) is 0.474. The van der Waals surface area contributed by atoms with E-state index in [-0.39, 0.29) is 30.2 Å². The maximum Gasteiger partial charge on any atom is 0.244 e. The van der Waals surface area contributed by atoms with Crippen molar-refractivity contribution in [2.45, 2.75) is 31.3 Å². The van der Waals surface area contributed by atoms with Crippen LogP contribution in [0.4, 0.5) is 0 Å². The summed E-state index contributed by atoms with van der Waals surface area (Å²) in [4.78, 5) is 33.5. The molecule has 2 heterocycles. The van der Waals surface area contributed by atoms with Gasteiger partial charge in [0.2, 0.25) is 17.7 Å². The summed E-state index contributed by atoms with van der Waals surface area (Å²) >= 11 is 0. The Labute approximate surface area is 86.8 Å². The summed E-state index contributed by atoms with van der Waals surface area (Å²) in [5, 5.41) is 7.82. The van der Waals surface area contributed by atoms with Crippen molar-refractivity contribution in [3.05, 3.63) is 0 Å². The van der Waals surface area contributed by atoms with Gasteiger partial charge in [-0.05, 0) is 12.8 Å². The normalized spacial score (nSPS) is 31.3. The van der Waals surface area contributed by atoms with Crippen molar-refractivity contribution in [2.24, 2.45) is 0 Å². The Hall–Kier alpha value is -1.43. The van der Waals surface area contributed by atoms with E-state index in [9.17, 15) is 14.4 Å². The predicted octanol–water partition coefficient (Wildman–Crippen LogP) is -1.73. The minimum atomic E-state index is -0.550. The Morgan fingerprint density at radius 3 is 2.53 bits per heavy atom. The van der Waals surface area contributed by atoms with E-state index in [1.54, 1.807) is 0 Å². The lowest BCUT2D eigenvalue weighted by Gasteiger charge is -2.24. The molecule has 0 aromatic heterocycles. The Morgan fingerprint density at radius 1 is 1.13 bits per heavy atom. The average Bonchev–Trinajstić information content (AvgIpc) is 2.49. The van der Waals surface area contributed by atoms with Crippen molar-refractivity contribution in [1.82, 2.24) is 16.0 Å². The predicted molar refractivity (Wildman–Crippen MR) is 50.7 cm³/mol. The van der Waals surface area contributed by atoms with E-state index >= 15 is 0 Å². The van der Waals surface area contributed by atoms with Gasteiger partial charge in [0, 0.05) is 6.54 Å². The molecule has 0 aromatic rings. The minimum Gasteiger partial charge on any atom is -0.355 e. The molecule has 6 heteroatoms. The second-order valence-corrected chi connectivity index (χ2v) is 3.82. The molecule has 2 rings (SSSR count). The maximum atomic E-state index is 11.4. The molecule has 2 aliphatic heterocycles. The number of rotatable bonds is 2. The van der Waals surface area contributed by atoms with Crippen molar-refractivity contribution in [3.63, 3.8) is 0 Å². The zero-order chi connectivity index (χ0) is 10.8. The third-order valence-electron chi connectivity index (χ3n) is 2.66. The van der Waals surface area contributed by atoms with E-state index in [4.69, 9.17) is 0 Å². The Kier molecular flexibility index (Phi) is 2.68. The molecule has 0 aromatic carbocycles. The highest BCUT2D eigenvalue weighted by Crippen LogP contribution is 2.08. The molecule has 15 heavy (non-hydrogen) atoms. The highest BCUT2D eigenvalue weighted by atomic mass is 16.2. The van der Waals surface area contributed by atoms with Gasteiger partial charge in [-0.1, -0.05) is 0 Å². The van der Waals surface area contributed by atoms with E-state index < -0.39 is 6.04 Å². The first-order valence-corrected chi connectivity index (χ1v) is 5.04. The third kappa shape index (κ3) is 2.15. The summed E-state index contributed by atoms with van der Waals surface area (Å²) in [7, 11) is 0. The van der Waals surface area contributed by atoms with Gasteiger partial charge in [-0.25, -0.2) is 0 Å². The molecule has 0 saturated carbocycles. The molecule has 0 radical (unpaired) electrons. The molecule has 6 nitrogen and oxygen atoms in total. The number of carbonyl (C=O) groups excluding carboxylic acids is 3. The van der Waals surface area contributed by atoms with Crippen LogP contribution in [0.1, 0.15) is 19.3 Å². The van der Waals surface area contributed by atoms with E-state index in [0.717, 1.165) is 6.42 Å². The smallest absolute Gasteiger partial charge is 0.244 e. The van der Waals surface area contributed by atoms with Gasteiger partial charge >= 0.3 is 0 Å². The van der Waals surface area contributed by atoms with Crippen molar-refractivity contribution in [2.75, 3.05) is 6.54 Å². The SMILES string of the molecule is O=C1C[C@H](N[C@H]2CCCNC2=O)C(=O)N1. The third-order valence-corrected chi connectivity index (χ3v) is 2.66. The molecular weight excluding hydrogens is 198 g/mol. The van der Waals surface area contributed by atoms with Gasteiger partial charge < -0.3 is 5.32 Å². The van der Waals surface area contributed by atoms with Gasteiger partial charge in [0.1, 0.15) is 0 Å². The Bertz CT molecular complexity index is 316. The number of carbonyl (C=O) groups is 3. The number of amides is 3. The lowest BCUT2D eigenvalue weighted by molar-refractivity contribution is -0.125. The van der Waals surface area contributed by atoms with Crippen LogP contribution in [-0.4, -0.2) is 36.3 Å². The highest BCUT2D eigenvalue weighted by Gasteiger charge is 2.34. The van der Waals surface area contributed by atoms with Gasteiger partial charge in [-0.15, -0.1) is 0 Å². The first kappa shape index (κ1) is 10.1. The lowest BCUT2D eigenvalue weighted by atomic mass is 10.1. The molecule has 0 unspecified atom stereocenters. The van der Waals surface area contributed by atoms with Crippen LogP contribution in [0.15, 0.2) is 0 Å². The van der Waals surface area contributed by atoms with Crippen LogP contribution >= 0.6 is 0 Å². The fraction of sp³-hybridized carbons (Fsp3) is 0.667. The molecule has 3 N–H and O–H groups in total. The monoisotopic (exact) mass is 211 g/mol. The molecule has 2 aliphatic rings. The highest BCUT2D eigenvalue weighted by molar-refractivity contribution is 6.05. The van der Waals surface area contributed by atoms with E-state index in [1.165, 1.54) is 0 Å². The summed E-state index contributed by atoms with van der Waals surface area (Å²) in [5.74, 6) is -0.708. The van der Waals surface area contributed by atoms with E-state index in [2.05, 4.69) is 16.0 Å². The lowest BCUT2D eigenvalue weighted by Crippen LogP contribution is -2.53. The topological polar surface area (TPSA) is 87.3 Å².